The SMILES string of the molecule is CN(C1CC1)S(=O)(=O)c1cc(CCl)ccc1Cl. The van der Waals surface area contributed by atoms with E-state index in [1.54, 1.807) is 25.2 Å². The van der Waals surface area contributed by atoms with Crippen LogP contribution in [0, 0.1) is 0 Å². The number of halogens is 2. The number of alkyl halides is 1. The van der Waals surface area contributed by atoms with Crippen LogP contribution in [0.5, 0.6) is 0 Å². The van der Waals surface area contributed by atoms with Gasteiger partial charge in [-0.05, 0) is 30.5 Å². The summed E-state index contributed by atoms with van der Waals surface area (Å²) in [7, 11) is -1.90. The quantitative estimate of drug-likeness (QED) is 0.801. The molecule has 0 bridgehead atoms. The first-order chi connectivity index (χ1) is 7.96. The van der Waals surface area contributed by atoms with Crippen molar-refractivity contribution in [1.82, 2.24) is 4.31 Å². The molecule has 1 aliphatic carbocycles. The molecule has 1 aromatic rings. The lowest BCUT2D eigenvalue weighted by Crippen LogP contribution is -2.29. The maximum Gasteiger partial charge on any atom is 0.244 e. The van der Waals surface area contributed by atoms with Gasteiger partial charge in [-0.25, -0.2) is 8.42 Å². The fourth-order valence-corrected chi connectivity index (χ4v) is 3.72. The van der Waals surface area contributed by atoms with Gasteiger partial charge in [-0.2, -0.15) is 4.31 Å². The second-order valence-corrected chi connectivity index (χ2v) is 6.79. The van der Waals surface area contributed by atoms with Crippen molar-refractivity contribution in [3.63, 3.8) is 0 Å². The standard InChI is InChI=1S/C11H13Cl2NO2S/c1-14(9-3-4-9)17(15,16)11-6-8(7-12)2-5-10(11)13/h2,5-6,9H,3-4,7H2,1H3. The summed E-state index contributed by atoms with van der Waals surface area (Å²) in [6.07, 6.45) is 1.84. The van der Waals surface area contributed by atoms with Crippen LogP contribution >= 0.6 is 23.2 Å². The minimum atomic E-state index is -3.50. The third-order valence-corrected chi connectivity index (χ3v) is 5.57. The van der Waals surface area contributed by atoms with Gasteiger partial charge in [0.05, 0.1) is 5.02 Å². The van der Waals surface area contributed by atoms with E-state index in [2.05, 4.69) is 0 Å². The van der Waals surface area contributed by atoms with E-state index in [4.69, 9.17) is 23.2 Å². The third kappa shape index (κ3) is 2.60. The van der Waals surface area contributed by atoms with Crippen LogP contribution in [-0.2, 0) is 15.9 Å². The third-order valence-electron chi connectivity index (χ3n) is 2.87. The Bertz CT molecular complexity index is 526. The summed E-state index contributed by atoms with van der Waals surface area (Å²) >= 11 is 11.7. The highest BCUT2D eigenvalue weighted by molar-refractivity contribution is 7.89. The van der Waals surface area contributed by atoms with E-state index < -0.39 is 10.0 Å². The molecule has 0 atom stereocenters. The lowest BCUT2D eigenvalue weighted by Gasteiger charge is -2.17. The number of benzene rings is 1. The first-order valence-corrected chi connectivity index (χ1v) is 7.64. The molecule has 0 saturated heterocycles. The van der Waals surface area contributed by atoms with Gasteiger partial charge in [0.15, 0.2) is 0 Å². The highest BCUT2D eigenvalue weighted by Gasteiger charge is 2.36. The van der Waals surface area contributed by atoms with Gasteiger partial charge in [0, 0.05) is 19.0 Å². The fraction of sp³-hybridized carbons (Fsp3) is 0.455. The topological polar surface area (TPSA) is 37.4 Å². The predicted molar refractivity (Wildman–Crippen MR) is 69.0 cm³/mol. The van der Waals surface area contributed by atoms with E-state index in [9.17, 15) is 8.42 Å². The Hall–Kier alpha value is -0.290. The second kappa shape index (κ2) is 4.76. The molecule has 0 aliphatic heterocycles. The average Bonchev–Trinajstić information content (AvgIpc) is 3.12. The molecule has 0 heterocycles. The monoisotopic (exact) mass is 293 g/mol. The van der Waals surface area contributed by atoms with Gasteiger partial charge in [-0.1, -0.05) is 17.7 Å². The first kappa shape index (κ1) is 13.1. The predicted octanol–water partition coefficient (Wildman–Crippen LogP) is 2.86. The molecule has 1 saturated carbocycles. The van der Waals surface area contributed by atoms with Crippen molar-refractivity contribution in [3.05, 3.63) is 28.8 Å². The van der Waals surface area contributed by atoms with Gasteiger partial charge in [0.25, 0.3) is 0 Å². The van der Waals surface area contributed by atoms with Crippen molar-refractivity contribution >= 4 is 33.2 Å². The van der Waals surface area contributed by atoms with Gasteiger partial charge in [0.1, 0.15) is 4.90 Å². The van der Waals surface area contributed by atoms with E-state index in [1.165, 1.54) is 4.31 Å². The highest BCUT2D eigenvalue weighted by atomic mass is 35.5. The summed E-state index contributed by atoms with van der Waals surface area (Å²) in [5.41, 5.74) is 0.749. The number of rotatable bonds is 4. The molecule has 0 amide bonds. The van der Waals surface area contributed by atoms with Crippen molar-refractivity contribution in [2.75, 3.05) is 7.05 Å². The minimum absolute atomic E-state index is 0.121. The van der Waals surface area contributed by atoms with Gasteiger partial charge in [-0.15, -0.1) is 11.6 Å². The average molecular weight is 294 g/mol. The van der Waals surface area contributed by atoms with Crippen LogP contribution in [-0.4, -0.2) is 25.8 Å². The van der Waals surface area contributed by atoms with Gasteiger partial charge >= 0.3 is 0 Å². The van der Waals surface area contributed by atoms with E-state index in [1.807, 2.05) is 0 Å². The number of nitrogens with zero attached hydrogens (tertiary/aromatic N) is 1. The lowest BCUT2D eigenvalue weighted by atomic mass is 10.2. The molecule has 6 heteroatoms. The zero-order chi connectivity index (χ0) is 12.6. The molecule has 0 aromatic heterocycles. The van der Waals surface area contributed by atoms with Gasteiger partial charge in [-0.3, -0.25) is 0 Å². The molecule has 0 radical (unpaired) electrons. The molecule has 1 aliphatic rings. The van der Waals surface area contributed by atoms with Crippen LogP contribution < -0.4 is 0 Å². The summed E-state index contributed by atoms with van der Waals surface area (Å²) in [6, 6.07) is 4.97. The Morgan fingerprint density at radius 2 is 2.06 bits per heavy atom. The molecular weight excluding hydrogens is 281 g/mol. The van der Waals surface area contributed by atoms with Crippen molar-refractivity contribution < 1.29 is 8.42 Å². The molecular formula is C11H13Cl2NO2S. The lowest BCUT2D eigenvalue weighted by molar-refractivity contribution is 0.464. The van der Waals surface area contributed by atoms with Crippen LogP contribution in [0.25, 0.3) is 0 Å². The Morgan fingerprint density at radius 3 is 2.59 bits per heavy atom. The zero-order valence-corrected chi connectivity index (χ0v) is 11.7. The molecule has 0 N–H and O–H groups in total. The molecule has 1 aromatic carbocycles. The van der Waals surface area contributed by atoms with Crippen LogP contribution in [0.4, 0.5) is 0 Å². The van der Waals surface area contributed by atoms with Crippen molar-refractivity contribution in [1.29, 1.82) is 0 Å². The summed E-state index contributed by atoms with van der Waals surface area (Å²) in [5.74, 6) is 0.271. The first-order valence-electron chi connectivity index (χ1n) is 5.29. The maximum atomic E-state index is 12.3. The normalized spacial score (nSPS) is 16.5. The zero-order valence-electron chi connectivity index (χ0n) is 9.36. The fourth-order valence-electron chi connectivity index (χ4n) is 1.62. The Morgan fingerprint density at radius 1 is 1.41 bits per heavy atom. The van der Waals surface area contributed by atoms with Crippen molar-refractivity contribution in [2.24, 2.45) is 0 Å². The van der Waals surface area contributed by atoms with Crippen LogP contribution in [0.3, 0.4) is 0 Å². The van der Waals surface area contributed by atoms with Crippen molar-refractivity contribution in [2.45, 2.75) is 29.7 Å². The molecule has 2 rings (SSSR count). The molecule has 1 fully saturated rings. The van der Waals surface area contributed by atoms with E-state index in [-0.39, 0.29) is 21.8 Å². The summed E-state index contributed by atoms with van der Waals surface area (Å²) < 4.78 is 26.0. The van der Waals surface area contributed by atoms with Gasteiger partial charge < -0.3 is 0 Å². The van der Waals surface area contributed by atoms with Gasteiger partial charge in [0.2, 0.25) is 10.0 Å². The van der Waals surface area contributed by atoms with E-state index >= 15 is 0 Å². The second-order valence-electron chi connectivity index (χ2n) is 4.15. The van der Waals surface area contributed by atoms with Crippen LogP contribution in [0.1, 0.15) is 18.4 Å². The minimum Gasteiger partial charge on any atom is -0.207 e. The summed E-state index contributed by atoms with van der Waals surface area (Å²) in [5, 5.41) is 0.242. The molecule has 0 unspecified atom stereocenters. The van der Waals surface area contributed by atoms with Crippen LogP contribution in [0.2, 0.25) is 5.02 Å². The van der Waals surface area contributed by atoms with E-state index in [0.29, 0.717) is 0 Å². The summed E-state index contributed by atoms with van der Waals surface area (Å²) in [4.78, 5) is 0.145. The Balaban J connectivity index is 2.44. The maximum absolute atomic E-state index is 12.3. The number of hydrogen-bond donors (Lipinski definition) is 0. The smallest absolute Gasteiger partial charge is 0.207 e. The molecule has 3 nitrogen and oxygen atoms in total. The largest absolute Gasteiger partial charge is 0.244 e. The number of sulfonamides is 1. The molecule has 0 spiro atoms. The van der Waals surface area contributed by atoms with Crippen LogP contribution in [0.15, 0.2) is 23.1 Å². The molecule has 17 heavy (non-hydrogen) atoms. The molecule has 94 valence electrons. The summed E-state index contributed by atoms with van der Waals surface area (Å²) in [6.45, 7) is 0. The Labute approximate surface area is 111 Å². The van der Waals surface area contributed by atoms with Crippen molar-refractivity contribution in [3.8, 4) is 0 Å². The Kier molecular flexibility index (Phi) is 3.69. The highest BCUT2D eigenvalue weighted by Crippen LogP contribution is 2.33. The van der Waals surface area contributed by atoms with E-state index in [0.717, 1.165) is 18.4 Å². The number of hydrogen-bond acceptors (Lipinski definition) is 2.